The minimum absolute atomic E-state index is 0.861. The van der Waals surface area contributed by atoms with E-state index in [0.717, 1.165) is 6.54 Å². The normalized spacial score (nSPS) is 11.9. The van der Waals surface area contributed by atoms with Gasteiger partial charge in [0.25, 0.3) is 0 Å². The van der Waals surface area contributed by atoms with Gasteiger partial charge < -0.3 is 25.3 Å². The fraction of sp³-hybridized carbons (Fsp3) is 1.00. The molecular formula is C6H19NO7P2. The lowest BCUT2D eigenvalue weighted by atomic mass is 10.2. The molecule has 0 fully saturated rings. The molecule has 0 aliphatic rings. The van der Waals surface area contributed by atoms with Crippen LogP contribution in [0.2, 0.25) is 0 Å². The number of hydrogen-bond acceptors (Lipinski definition) is 4. The van der Waals surface area contributed by atoms with E-state index in [1.807, 2.05) is 0 Å². The lowest BCUT2D eigenvalue weighted by Gasteiger charge is -2.03. The summed E-state index contributed by atoms with van der Waals surface area (Å²) < 4.78 is 22.2. The standard InChI is InChI=1S/C6H15N.H4O7P2/c1-2-3-4-5-6-7;1-8(2,3)7-9(4,5)6/h2-7H2,1H3;(H2,1,2,3)(H2,4,5,6). The van der Waals surface area contributed by atoms with Crippen molar-refractivity contribution in [2.24, 2.45) is 5.73 Å². The summed E-state index contributed by atoms with van der Waals surface area (Å²) in [7, 11) is -10.1. The average molecular weight is 279 g/mol. The molecule has 0 saturated heterocycles. The number of phosphoric acid groups is 2. The zero-order valence-electron chi connectivity index (χ0n) is 9.02. The van der Waals surface area contributed by atoms with Gasteiger partial charge in [-0.2, -0.15) is 4.31 Å². The third-order valence-corrected chi connectivity index (χ3v) is 2.97. The highest BCUT2D eigenvalue weighted by Gasteiger charge is 2.27. The molecule has 0 aliphatic carbocycles. The topological polar surface area (TPSA) is 150 Å². The van der Waals surface area contributed by atoms with E-state index in [9.17, 15) is 9.13 Å². The summed E-state index contributed by atoms with van der Waals surface area (Å²) in [4.78, 5) is 31.0. The Morgan fingerprint density at radius 1 is 1.00 bits per heavy atom. The molecule has 0 radical (unpaired) electrons. The molecule has 0 aromatic carbocycles. The van der Waals surface area contributed by atoms with Gasteiger partial charge in [0.1, 0.15) is 0 Å². The van der Waals surface area contributed by atoms with Crippen molar-refractivity contribution in [1.82, 2.24) is 0 Å². The number of rotatable bonds is 6. The maximum atomic E-state index is 9.63. The molecule has 100 valence electrons. The molecule has 0 saturated carbocycles. The first-order valence-corrected chi connectivity index (χ1v) is 7.71. The van der Waals surface area contributed by atoms with Gasteiger partial charge in [0.05, 0.1) is 0 Å². The van der Waals surface area contributed by atoms with Crippen molar-refractivity contribution < 1.29 is 33.0 Å². The second-order valence-electron chi connectivity index (χ2n) is 2.91. The minimum Gasteiger partial charge on any atom is -0.330 e. The molecule has 0 amide bonds. The van der Waals surface area contributed by atoms with E-state index in [1.165, 1.54) is 25.7 Å². The predicted molar refractivity (Wildman–Crippen MR) is 58.4 cm³/mol. The number of nitrogens with two attached hydrogens (primary N) is 1. The van der Waals surface area contributed by atoms with E-state index in [1.54, 1.807) is 0 Å². The highest BCUT2D eigenvalue weighted by atomic mass is 31.3. The van der Waals surface area contributed by atoms with Gasteiger partial charge in [-0.05, 0) is 13.0 Å². The summed E-state index contributed by atoms with van der Waals surface area (Å²) in [6.45, 7) is 3.07. The van der Waals surface area contributed by atoms with Crippen molar-refractivity contribution in [3.05, 3.63) is 0 Å². The summed E-state index contributed by atoms with van der Waals surface area (Å²) in [5, 5.41) is 0. The molecule has 6 N–H and O–H groups in total. The first-order chi connectivity index (χ1) is 7.12. The zero-order chi connectivity index (χ0) is 13.2. The van der Waals surface area contributed by atoms with Crippen LogP contribution < -0.4 is 5.73 Å². The Morgan fingerprint density at radius 2 is 1.44 bits per heavy atom. The third kappa shape index (κ3) is 23.8. The molecule has 0 atom stereocenters. The van der Waals surface area contributed by atoms with E-state index < -0.39 is 15.6 Å². The zero-order valence-corrected chi connectivity index (χ0v) is 10.8. The van der Waals surface area contributed by atoms with Crippen LogP contribution in [0.25, 0.3) is 0 Å². The van der Waals surface area contributed by atoms with Gasteiger partial charge in [-0.15, -0.1) is 0 Å². The van der Waals surface area contributed by atoms with E-state index in [4.69, 9.17) is 25.3 Å². The van der Waals surface area contributed by atoms with Crippen LogP contribution in [0.5, 0.6) is 0 Å². The Morgan fingerprint density at radius 3 is 1.62 bits per heavy atom. The van der Waals surface area contributed by atoms with Gasteiger partial charge in [0.15, 0.2) is 0 Å². The largest absolute Gasteiger partial charge is 0.478 e. The van der Waals surface area contributed by atoms with E-state index in [0.29, 0.717) is 0 Å². The molecule has 0 spiro atoms. The fourth-order valence-electron chi connectivity index (χ4n) is 0.710. The maximum Gasteiger partial charge on any atom is 0.478 e. The van der Waals surface area contributed by atoms with Crippen LogP contribution in [0, 0.1) is 0 Å². The fourth-order valence-corrected chi connectivity index (χ4v) is 1.82. The average Bonchev–Trinajstić information content (AvgIpc) is 1.99. The predicted octanol–water partition coefficient (Wildman–Crippen LogP) is 0.714. The van der Waals surface area contributed by atoms with Gasteiger partial charge in [-0.1, -0.05) is 26.2 Å². The molecule has 10 heteroatoms. The molecule has 0 aliphatic heterocycles. The monoisotopic (exact) mass is 279 g/mol. The van der Waals surface area contributed by atoms with Crippen LogP contribution >= 0.6 is 15.6 Å². The smallest absolute Gasteiger partial charge is 0.330 e. The number of hydrogen-bond donors (Lipinski definition) is 5. The second-order valence-corrected chi connectivity index (χ2v) is 5.53. The first-order valence-electron chi connectivity index (χ1n) is 4.65. The Balaban J connectivity index is 0. The van der Waals surface area contributed by atoms with Crippen molar-refractivity contribution in [2.75, 3.05) is 6.54 Å². The maximum absolute atomic E-state index is 9.63. The van der Waals surface area contributed by atoms with Gasteiger partial charge in [0.2, 0.25) is 0 Å². The van der Waals surface area contributed by atoms with Gasteiger partial charge >= 0.3 is 15.6 Å². The second kappa shape index (κ2) is 9.27. The molecule has 0 unspecified atom stereocenters. The van der Waals surface area contributed by atoms with Crippen LogP contribution in [0.1, 0.15) is 32.6 Å². The summed E-state index contributed by atoms with van der Waals surface area (Å²) in [5.41, 5.74) is 5.27. The lowest BCUT2D eigenvalue weighted by molar-refractivity contribution is 0.225. The Bertz CT molecular complexity index is 223. The van der Waals surface area contributed by atoms with Crippen LogP contribution in [0.4, 0.5) is 0 Å². The summed E-state index contributed by atoms with van der Waals surface area (Å²) >= 11 is 0. The molecule has 0 aromatic rings. The summed E-state index contributed by atoms with van der Waals surface area (Å²) in [6, 6.07) is 0. The Kier molecular flexibility index (Phi) is 10.8. The van der Waals surface area contributed by atoms with Gasteiger partial charge in [-0.3, -0.25) is 0 Å². The highest BCUT2D eigenvalue weighted by molar-refractivity contribution is 7.60. The molecule has 16 heavy (non-hydrogen) atoms. The SMILES string of the molecule is CCCCCCN.O=P(O)(O)OP(=O)(O)O. The lowest BCUT2D eigenvalue weighted by Crippen LogP contribution is -1.97. The summed E-state index contributed by atoms with van der Waals surface area (Å²) in [6.07, 6.45) is 5.16. The molecule has 0 rings (SSSR count). The van der Waals surface area contributed by atoms with Crippen molar-refractivity contribution in [3.8, 4) is 0 Å². The van der Waals surface area contributed by atoms with E-state index in [-0.39, 0.29) is 0 Å². The van der Waals surface area contributed by atoms with Crippen LogP contribution in [-0.2, 0) is 13.4 Å². The van der Waals surface area contributed by atoms with Crippen molar-refractivity contribution >= 4 is 15.6 Å². The van der Waals surface area contributed by atoms with Crippen LogP contribution in [-0.4, -0.2) is 26.1 Å². The first kappa shape index (κ1) is 18.6. The van der Waals surface area contributed by atoms with Gasteiger partial charge in [0, 0.05) is 0 Å². The Hall–Kier alpha value is 0.220. The molecule has 0 heterocycles. The third-order valence-electron chi connectivity index (χ3n) is 1.27. The van der Waals surface area contributed by atoms with Crippen molar-refractivity contribution in [2.45, 2.75) is 32.6 Å². The quantitative estimate of drug-likeness (QED) is 0.352. The molecule has 0 bridgehead atoms. The molecular weight excluding hydrogens is 260 g/mol. The van der Waals surface area contributed by atoms with E-state index in [2.05, 4.69) is 11.2 Å². The van der Waals surface area contributed by atoms with E-state index >= 15 is 0 Å². The molecule has 8 nitrogen and oxygen atoms in total. The Labute approximate surface area is 94.3 Å². The van der Waals surface area contributed by atoms with Crippen molar-refractivity contribution in [1.29, 1.82) is 0 Å². The van der Waals surface area contributed by atoms with Crippen LogP contribution in [0.3, 0.4) is 0 Å². The number of unbranched alkanes of at least 4 members (excludes halogenated alkanes) is 3. The van der Waals surface area contributed by atoms with Gasteiger partial charge in [-0.25, -0.2) is 9.13 Å². The van der Waals surface area contributed by atoms with Crippen molar-refractivity contribution in [3.63, 3.8) is 0 Å². The summed E-state index contributed by atoms with van der Waals surface area (Å²) in [5.74, 6) is 0. The highest BCUT2D eigenvalue weighted by Crippen LogP contribution is 2.53. The minimum atomic E-state index is -5.05. The molecule has 0 aromatic heterocycles. The van der Waals surface area contributed by atoms with Crippen LogP contribution in [0.15, 0.2) is 0 Å².